The van der Waals surface area contributed by atoms with Gasteiger partial charge in [0.15, 0.2) is 0 Å². The summed E-state index contributed by atoms with van der Waals surface area (Å²) in [5.41, 5.74) is 8.19. The van der Waals surface area contributed by atoms with Crippen molar-refractivity contribution in [3.8, 4) is 16.9 Å². The van der Waals surface area contributed by atoms with E-state index in [1.165, 1.54) is 18.2 Å². The lowest BCUT2D eigenvalue weighted by Gasteiger charge is -2.34. The summed E-state index contributed by atoms with van der Waals surface area (Å²) in [5.74, 6) is -0.643. The van der Waals surface area contributed by atoms with Crippen LogP contribution in [0.3, 0.4) is 0 Å². The van der Waals surface area contributed by atoms with Gasteiger partial charge in [0.2, 0.25) is 0 Å². The SMILES string of the molecule is Cc1ccc(-c2ccc(C(=O)O)c(NS(=O)(=O)c3ccc(OCCCN4CCN(CCCN)CC4)cc3)c2)c2ccccc12.Cl.Cl.Cl. The minimum atomic E-state index is -4.07. The van der Waals surface area contributed by atoms with Crippen LogP contribution in [-0.2, 0) is 10.0 Å². The number of carboxylic acids is 1. The number of rotatable bonds is 13. The molecule has 0 atom stereocenters. The van der Waals surface area contributed by atoms with Gasteiger partial charge in [0.05, 0.1) is 22.8 Å². The number of anilines is 1. The first-order chi connectivity index (χ1) is 21.2. The van der Waals surface area contributed by atoms with Gasteiger partial charge < -0.3 is 25.4 Å². The molecule has 5 rings (SSSR count). The van der Waals surface area contributed by atoms with Crippen molar-refractivity contribution in [2.45, 2.75) is 24.7 Å². The standard InChI is InChI=1S/C34H40N4O5S.3ClH/c1-25-8-14-30(31-7-3-2-6-29(25)31)26-9-15-32(34(39)40)33(24-26)36-44(41,42)28-12-10-27(11-13-28)43-23-5-18-38-21-19-37(20-22-38)17-4-16-35;;;/h2-3,6-15,24,36H,4-5,16-23,35H2,1H3,(H,39,40);3*1H. The number of sulfonamides is 1. The molecule has 0 aromatic heterocycles. The number of aryl methyl sites for hydroxylation is 1. The number of carboxylic acid groups (broad SMARTS) is 1. The van der Waals surface area contributed by atoms with Gasteiger partial charge >= 0.3 is 5.97 Å². The van der Waals surface area contributed by atoms with E-state index in [0.29, 0.717) is 17.9 Å². The van der Waals surface area contributed by atoms with Crippen LogP contribution in [0.4, 0.5) is 5.69 Å². The molecule has 47 heavy (non-hydrogen) atoms. The van der Waals surface area contributed by atoms with Crippen LogP contribution in [0.1, 0.15) is 28.8 Å². The van der Waals surface area contributed by atoms with E-state index >= 15 is 0 Å². The Hall–Kier alpha value is -3.09. The van der Waals surface area contributed by atoms with E-state index in [-0.39, 0.29) is 53.4 Å². The number of nitrogens with zero attached hydrogens (tertiary/aromatic N) is 2. The summed E-state index contributed by atoms with van der Waals surface area (Å²) in [7, 11) is -4.07. The van der Waals surface area contributed by atoms with Crippen molar-refractivity contribution < 1.29 is 23.1 Å². The van der Waals surface area contributed by atoms with E-state index in [4.69, 9.17) is 10.5 Å². The Morgan fingerprint density at radius 1 is 0.851 bits per heavy atom. The van der Waals surface area contributed by atoms with Crippen LogP contribution < -0.4 is 15.2 Å². The molecule has 0 spiro atoms. The third kappa shape index (κ3) is 10.2. The fraction of sp³-hybridized carbons (Fsp3) is 0.324. The van der Waals surface area contributed by atoms with Gasteiger partial charge in [0, 0.05) is 32.7 Å². The van der Waals surface area contributed by atoms with Crippen LogP contribution in [0, 0.1) is 6.92 Å². The number of carbonyl (C=O) groups is 1. The number of halogens is 3. The molecule has 256 valence electrons. The molecule has 9 nitrogen and oxygen atoms in total. The number of hydrogen-bond donors (Lipinski definition) is 3. The summed E-state index contributed by atoms with van der Waals surface area (Å²) in [5, 5.41) is 11.9. The molecule has 4 N–H and O–H groups in total. The van der Waals surface area contributed by atoms with Gasteiger partial charge in [-0.2, -0.15) is 0 Å². The lowest BCUT2D eigenvalue weighted by atomic mass is 9.94. The van der Waals surface area contributed by atoms with Gasteiger partial charge in [-0.05, 0) is 96.7 Å². The highest BCUT2D eigenvalue weighted by Crippen LogP contribution is 2.34. The normalized spacial score (nSPS) is 13.6. The molecule has 4 aromatic rings. The Kier molecular flexibility index (Phi) is 15.7. The van der Waals surface area contributed by atoms with E-state index in [1.54, 1.807) is 24.3 Å². The second kappa shape index (κ2) is 18.5. The van der Waals surface area contributed by atoms with Crippen LogP contribution in [-0.4, -0.2) is 81.7 Å². The predicted octanol–water partition coefficient (Wildman–Crippen LogP) is 6.31. The Morgan fingerprint density at radius 2 is 1.47 bits per heavy atom. The lowest BCUT2D eigenvalue weighted by molar-refractivity contribution is 0.0698. The summed E-state index contributed by atoms with van der Waals surface area (Å²) in [4.78, 5) is 16.9. The summed E-state index contributed by atoms with van der Waals surface area (Å²) in [6, 6.07) is 22.8. The van der Waals surface area contributed by atoms with Crippen molar-refractivity contribution in [3.63, 3.8) is 0 Å². The van der Waals surface area contributed by atoms with Gasteiger partial charge in [-0.3, -0.25) is 4.72 Å². The Balaban J connectivity index is 0.00000256. The van der Waals surface area contributed by atoms with Crippen LogP contribution in [0.25, 0.3) is 21.9 Å². The van der Waals surface area contributed by atoms with Crippen LogP contribution in [0.15, 0.2) is 83.8 Å². The first kappa shape index (κ1) is 40.1. The highest BCUT2D eigenvalue weighted by Gasteiger charge is 2.20. The first-order valence-corrected chi connectivity index (χ1v) is 16.5. The van der Waals surface area contributed by atoms with Crippen LogP contribution >= 0.6 is 37.2 Å². The molecule has 13 heteroatoms. The van der Waals surface area contributed by atoms with Crippen LogP contribution in [0.2, 0.25) is 0 Å². The van der Waals surface area contributed by atoms with Crippen molar-refractivity contribution >= 4 is 69.7 Å². The molecule has 1 aliphatic rings. The molecule has 0 bridgehead atoms. The minimum Gasteiger partial charge on any atom is -0.494 e. The highest BCUT2D eigenvalue weighted by molar-refractivity contribution is 7.92. The van der Waals surface area contributed by atoms with Gasteiger partial charge in [0.25, 0.3) is 10.0 Å². The maximum atomic E-state index is 13.3. The molecular formula is C34H43Cl3N4O5S. The number of fused-ring (bicyclic) bond motifs is 1. The molecular weight excluding hydrogens is 683 g/mol. The van der Waals surface area contributed by atoms with Crippen molar-refractivity contribution in [3.05, 3.63) is 90.0 Å². The second-order valence-corrected chi connectivity index (χ2v) is 12.8. The third-order valence-corrected chi connectivity index (χ3v) is 9.49. The highest BCUT2D eigenvalue weighted by atomic mass is 35.5. The molecule has 0 saturated carbocycles. The van der Waals surface area contributed by atoms with Gasteiger partial charge in [-0.1, -0.05) is 42.5 Å². The fourth-order valence-electron chi connectivity index (χ4n) is 5.63. The maximum Gasteiger partial charge on any atom is 0.337 e. The Morgan fingerprint density at radius 3 is 2.09 bits per heavy atom. The molecule has 1 saturated heterocycles. The molecule has 1 aliphatic heterocycles. The second-order valence-electron chi connectivity index (χ2n) is 11.1. The fourth-order valence-corrected chi connectivity index (χ4v) is 6.70. The third-order valence-electron chi connectivity index (χ3n) is 8.11. The minimum absolute atomic E-state index is 0. The zero-order valence-electron chi connectivity index (χ0n) is 26.3. The number of nitrogens with one attached hydrogen (secondary N) is 1. The van der Waals surface area contributed by atoms with E-state index in [9.17, 15) is 18.3 Å². The quantitative estimate of drug-likeness (QED) is 0.137. The van der Waals surface area contributed by atoms with Crippen molar-refractivity contribution in [2.75, 3.05) is 57.1 Å². The molecule has 0 unspecified atom stereocenters. The monoisotopic (exact) mass is 724 g/mol. The first-order valence-electron chi connectivity index (χ1n) is 15.0. The molecule has 0 radical (unpaired) electrons. The van der Waals surface area contributed by atoms with E-state index in [1.807, 2.05) is 43.3 Å². The van der Waals surface area contributed by atoms with E-state index in [2.05, 4.69) is 14.5 Å². The van der Waals surface area contributed by atoms with E-state index in [0.717, 1.165) is 80.6 Å². The topological polar surface area (TPSA) is 125 Å². The number of aromatic carboxylic acids is 1. The molecule has 1 fully saturated rings. The zero-order valence-corrected chi connectivity index (χ0v) is 29.5. The number of hydrogen-bond acceptors (Lipinski definition) is 7. The number of benzene rings is 4. The molecule has 1 heterocycles. The number of ether oxygens (including phenoxy) is 1. The largest absolute Gasteiger partial charge is 0.494 e. The smallest absolute Gasteiger partial charge is 0.337 e. The molecule has 4 aromatic carbocycles. The van der Waals surface area contributed by atoms with Crippen molar-refractivity contribution in [1.82, 2.24) is 9.80 Å². The summed E-state index contributed by atoms with van der Waals surface area (Å²) >= 11 is 0. The molecule has 0 aliphatic carbocycles. The summed E-state index contributed by atoms with van der Waals surface area (Å²) < 4.78 is 35.1. The molecule has 0 amide bonds. The number of piperazine rings is 1. The van der Waals surface area contributed by atoms with Gasteiger partial charge in [-0.15, -0.1) is 37.2 Å². The van der Waals surface area contributed by atoms with Crippen LogP contribution in [0.5, 0.6) is 5.75 Å². The lowest BCUT2D eigenvalue weighted by Crippen LogP contribution is -2.47. The zero-order chi connectivity index (χ0) is 31.1. The average molecular weight is 726 g/mol. The van der Waals surface area contributed by atoms with E-state index < -0.39 is 16.0 Å². The Labute approximate surface area is 295 Å². The summed E-state index contributed by atoms with van der Waals surface area (Å²) in [6.45, 7) is 9.50. The number of nitrogens with two attached hydrogens (primary N) is 1. The predicted molar refractivity (Wildman–Crippen MR) is 197 cm³/mol. The Bertz CT molecular complexity index is 1720. The van der Waals surface area contributed by atoms with Gasteiger partial charge in [-0.25, -0.2) is 13.2 Å². The average Bonchev–Trinajstić information content (AvgIpc) is 3.03. The van der Waals surface area contributed by atoms with Crippen molar-refractivity contribution in [1.29, 1.82) is 0 Å². The maximum absolute atomic E-state index is 13.3. The van der Waals surface area contributed by atoms with Gasteiger partial charge in [0.1, 0.15) is 5.75 Å². The van der Waals surface area contributed by atoms with Crippen molar-refractivity contribution in [2.24, 2.45) is 5.73 Å². The summed E-state index contributed by atoms with van der Waals surface area (Å²) in [6.07, 6.45) is 1.90.